The van der Waals surface area contributed by atoms with Crippen molar-refractivity contribution in [3.05, 3.63) is 34.4 Å². The number of aliphatic carboxylic acids is 1. The summed E-state index contributed by atoms with van der Waals surface area (Å²) in [5.74, 6) is -0.828. The number of nitro benzene ring substituents is 1. The summed E-state index contributed by atoms with van der Waals surface area (Å²) in [6.07, 6.45) is 0.0850. The first-order chi connectivity index (χ1) is 8.51. The molecule has 0 spiro atoms. The number of nitrogens with zero attached hydrogens (tertiary/aromatic N) is 1. The van der Waals surface area contributed by atoms with Gasteiger partial charge in [0.05, 0.1) is 16.1 Å². The van der Waals surface area contributed by atoms with E-state index in [9.17, 15) is 14.9 Å². The van der Waals surface area contributed by atoms with E-state index >= 15 is 0 Å². The molecule has 0 bridgehead atoms. The topological polar surface area (TPSA) is 92.5 Å². The number of nitro groups is 1. The van der Waals surface area contributed by atoms with Gasteiger partial charge in [-0.1, -0.05) is 0 Å². The number of hydrogen-bond donors (Lipinski definition) is 2. The molecule has 7 heteroatoms. The van der Waals surface area contributed by atoms with Crippen molar-refractivity contribution >= 4 is 23.4 Å². The third-order valence-electron chi connectivity index (χ3n) is 2.75. The van der Waals surface area contributed by atoms with Crippen molar-refractivity contribution in [1.29, 1.82) is 0 Å². The maximum Gasteiger partial charge on any atom is 0.304 e. The normalized spacial score (nSPS) is 16.9. The minimum atomic E-state index is -0.828. The minimum Gasteiger partial charge on any atom is -0.481 e. The van der Waals surface area contributed by atoms with Crippen LogP contribution in [0, 0.1) is 10.1 Å². The highest BCUT2D eigenvalue weighted by Crippen LogP contribution is 2.39. The number of carboxylic acids is 1. The molecule has 2 rings (SSSR count). The van der Waals surface area contributed by atoms with Crippen molar-refractivity contribution in [3.8, 4) is 0 Å². The van der Waals surface area contributed by atoms with E-state index in [4.69, 9.17) is 5.11 Å². The quantitative estimate of drug-likeness (QED) is 0.621. The van der Waals surface area contributed by atoms with Crippen LogP contribution in [0.4, 0.5) is 5.69 Å². The molecule has 1 aromatic rings. The van der Waals surface area contributed by atoms with Gasteiger partial charge in [0.15, 0.2) is 0 Å². The number of thioether (sulfide) groups is 1. The molecule has 1 aliphatic rings. The summed E-state index contributed by atoms with van der Waals surface area (Å²) in [4.78, 5) is 21.7. The van der Waals surface area contributed by atoms with Crippen molar-refractivity contribution in [1.82, 2.24) is 5.32 Å². The van der Waals surface area contributed by atoms with E-state index in [2.05, 4.69) is 5.32 Å². The number of nitrogens with one attached hydrogen (secondary N) is 1. The molecule has 0 aromatic heterocycles. The Morgan fingerprint density at radius 2 is 2.06 bits per heavy atom. The smallest absolute Gasteiger partial charge is 0.304 e. The van der Waals surface area contributed by atoms with Crippen molar-refractivity contribution in [2.45, 2.75) is 16.1 Å². The van der Waals surface area contributed by atoms with E-state index in [1.807, 2.05) is 0 Å². The summed E-state index contributed by atoms with van der Waals surface area (Å²) >= 11 is 1.46. The van der Waals surface area contributed by atoms with Gasteiger partial charge in [0.25, 0.3) is 5.69 Å². The lowest BCUT2D eigenvalue weighted by molar-refractivity contribution is -0.384. The van der Waals surface area contributed by atoms with Gasteiger partial charge in [-0.25, -0.2) is 0 Å². The number of carbonyl (C=O) groups is 1. The van der Waals surface area contributed by atoms with E-state index < -0.39 is 10.9 Å². The van der Waals surface area contributed by atoms with Gasteiger partial charge in [-0.2, -0.15) is 0 Å². The lowest BCUT2D eigenvalue weighted by Crippen LogP contribution is -2.57. The molecule has 96 valence electrons. The van der Waals surface area contributed by atoms with E-state index in [0.29, 0.717) is 13.1 Å². The van der Waals surface area contributed by atoms with Gasteiger partial charge in [0.2, 0.25) is 0 Å². The summed E-state index contributed by atoms with van der Waals surface area (Å²) in [5.41, 5.74) is 0.0402. The minimum absolute atomic E-state index is 0.0402. The predicted molar refractivity (Wildman–Crippen MR) is 66.8 cm³/mol. The van der Waals surface area contributed by atoms with Gasteiger partial charge < -0.3 is 10.4 Å². The number of non-ortho nitro benzene ring substituents is 1. The number of hydrogen-bond acceptors (Lipinski definition) is 5. The van der Waals surface area contributed by atoms with Crippen molar-refractivity contribution in [3.63, 3.8) is 0 Å². The Labute approximate surface area is 108 Å². The fraction of sp³-hybridized carbons (Fsp3) is 0.364. The monoisotopic (exact) mass is 268 g/mol. The highest BCUT2D eigenvalue weighted by atomic mass is 32.2. The zero-order valence-electron chi connectivity index (χ0n) is 9.46. The average Bonchev–Trinajstić information content (AvgIpc) is 2.26. The van der Waals surface area contributed by atoms with Gasteiger partial charge >= 0.3 is 5.97 Å². The molecule has 6 nitrogen and oxygen atoms in total. The standard InChI is InChI=1S/C11H12N2O4S/c14-10(15)5-11(6-12-7-11)18-9-3-1-8(2-4-9)13(16)17/h1-4,12H,5-7H2,(H,14,15). The summed E-state index contributed by atoms with van der Waals surface area (Å²) < 4.78 is -0.331. The molecule has 0 amide bonds. The molecule has 1 fully saturated rings. The van der Waals surface area contributed by atoms with Crippen molar-refractivity contribution in [2.24, 2.45) is 0 Å². The lowest BCUT2D eigenvalue weighted by atomic mass is 9.98. The van der Waals surface area contributed by atoms with Gasteiger partial charge in [-0.3, -0.25) is 14.9 Å². The number of carboxylic acid groups (broad SMARTS) is 1. The molecule has 0 unspecified atom stereocenters. The third kappa shape index (κ3) is 2.80. The second kappa shape index (κ2) is 4.95. The fourth-order valence-electron chi connectivity index (χ4n) is 1.80. The van der Waals surface area contributed by atoms with Crippen molar-refractivity contribution < 1.29 is 14.8 Å². The van der Waals surface area contributed by atoms with Crippen LogP contribution in [-0.4, -0.2) is 33.8 Å². The van der Waals surface area contributed by atoms with Crippen LogP contribution >= 0.6 is 11.8 Å². The molecule has 18 heavy (non-hydrogen) atoms. The molecule has 0 atom stereocenters. The Morgan fingerprint density at radius 1 is 1.44 bits per heavy atom. The van der Waals surface area contributed by atoms with Crippen molar-refractivity contribution in [2.75, 3.05) is 13.1 Å². The van der Waals surface area contributed by atoms with Crippen LogP contribution in [-0.2, 0) is 4.79 Å². The lowest BCUT2D eigenvalue weighted by Gasteiger charge is -2.40. The molecule has 1 aromatic carbocycles. The Bertz CT molecular complexity index is 470. The average molecular weight is 268 g/mol. The van der Waals surface area contributed by atoms with E-state index in [1.165, 1.54) is 23.9 Å². The SMILES string of the molecule is O=C(O)CC1(Sc2ccc([N+](=O)[O-])cc2)CNC1. The van der Waals surface area contributed by atoms with Gasteiger partial charge in [-0.15, -0.1) is 11.8 Å². The molecule has 0 saturated carbocycles. The van der Waals surface area contributed by atoms with E-state index in [1.54, 1.807) is 12.1 Å². The summed E-state index contributed by atoms with van der Waals surface area (Å²) in [6, 6.07) is 6.18. The molecule has 0 aliphatic carbocycles. The first-order valence-corrected chi connectivity index (χ1v) is 6.18. The summed E-state index contributed by atoms with van der Waals surface area (Å²) in [6.45, 7) is 1.28. The van der Waals surface area contributed by atoms with E-state index in [-0.39, 0.29) is 16.9 Å². The Balaban J connectivity index is 2.08. The van der Waals surface area contributed by atoms with Crippen LogP contribution in [0.5, 0.6) is 0 Å². The van der Waals surface area contributed by atoms with Crippen LogP contribution < -0.4 is 5.32 Å². The largest absolute Gasteiger partial charge is 0.481 e. The van der Waals surface area contributed by atoms with Crippen LogP contribution in [0.3, 0.4) is 0 Å². The highest BCUT2D eigenvalue weighted by Gasteiger charge is 2.40. The Kier molecular flexibility index (Phi) is 3.53. The predicted octanol–water partition coefficient (Wildman–Crippen LogP) is 1.50. The summed E-state index contributed by atoms with van der Waals surface area (Å²) in [5, 5.41) is 22.5. The second-order valence-corrected chi connectivity index (χ2v) is 5.75. The van der Waals surface area contributed by atoms with Gasteiger partial charge in [-0.05, 0) is 12.1 Å². The Morgan fingerprint density at radius 3 is 2.44 bits per heavy atom. The van der Waals surface area contributed by atoms with Crippen LogP contribution in [0.1, 0.15) is 6.42 Å². The first kappa shape index (κ1) is 12.8. The molecular formula is C11H12N2O4S. The molecule has 1 heterocycles. The molecular weight excluding hydrogens is 256 g/mol. The fourth-order valence-corrected chi connectivity index (χ4v) is 3.11. The molecule has 1 aliphatic heterocycles. The zero-order chi connectivity index (χ0) is 13.2. The maximum absolute atomic E-state index is 10.8. The van der Waals surface area contributed by atoms with Crippen LogP contribution in [0.15, 0.2) is 29.2 Å². The number of benzene rings is 1. The first-order valence-electron chi connectivity index (χ1n) is 5.37. The van der Waals surface area contributed by atoms with Gasteiger partial charge in [0, 0.05) is 30.1 Å². The number of rotatable bonds is 5. The maximum atomic E-state index is 10.8. The third-order valence-corrected chi connectivity index (χ3v) is 4.12. The molecule has 0 radical (unpaired) electrons. The molecule has 1 saturated heterocycles. The Hall–Kier alpha value is -1.60. The summed E-state index contributed by atoms with van der Waals surface area (Å²) in [7, 11) is 0. The molecule has 2 N–H and O–H groups in total. The van der Waals surface area contributed by atoms with Crippen LogP contribution in [0.25, 0.3) is 0 Å². The zero-order valence-corrected chi connectivity index (χ0v) is 10.3. The highest BCUT2D eigenvalue weighted by molar-refractivity contribution is 8.00. The second-order valence-electron chi connectivity index (χ2n) is 4.21. The van der Waals surface area contributed by atoms with Gasteiger partial charge in [0.1, 0.15) is 0 Å². The van der Waals surface area contributed by atoms with Crippen LogP contribution in [0.2, 0.25) is 0 Å². The van der Waals surface area contributed by atoms with E-state index in [0.717, 1.165) is 4.90 Å².